The van der Waals surface area contributed by atoms with Gasteiger partial charge in [0.15, 0.2) is 0 Å². The van der Waals surface area contributed by atoms with Crippen LogP contribution in [0.25, 0.3) is 0 Å². The van der Waals surface area contributed by atoms with Crippen molar-refractivity contribution in [2.24, 2.45) is 0 Å². The molecular weight excluding hydrogens is 226 g/mol. The van der Waals surface area contributed by atoms with Crippen molar-refractivity contribution in [1.82, 2.24) is 4.90 Å². The fourth-order valence-corrected chi connectivity index (χ4v) is 2.86. The van der Waals surface area contributed by atoms with Gasteiger partial charge in [-0.1, -0.05) is 29.3 Å². The number of aryl methyl sites for hydroxylation is 2. The van der Waals surface area contributed by atoms with Gasteiger partial charge in [-0.15, -0.1) is 0 Å². The molecule has 1 saturated heterocycles. The highest BCUT2D eigenvalue weighted by Crippen LogP contribution is 2.33. The van der Waals surface area contributed by atoms with Crippen LogP contribution in [0.1, 0.15) is 36.5 Å². The van der Waals surface area contributed by atoms with E-state index in [0.29, 0.717) is 0 Å². The van der Waals surface area contributed by atoms with E-state index in [-0.39, 0.29) is 0 Å². The molecule has 1 aromatic carbocycles. The minimum Gasteiger partial charge on any atom is -0.480 e. The van der Waals surface area contributed by atoms with E-state index in [4.69, 9.17) is 0 Å². The highest BCUT2D eigenvalue weighted by molar-refractivity contribution is 5.80. The van der Waals surface area contributed by atoms with Crippen molar-refractivity contribution in [2.45, 2.75) is 39.2 Å². The first-order valence-electron chi connectivity index (χ1n) is 6.52. The molecule has 1 fully saturated rings. The van der Waals surface area contributed by atoms with Crippen LogP contribution in [0.2, 0.25) is 0 Å². The Bertz CT molecular complexity index is 443. The van der Waals surface area contributed by atoms with E-state index in [9.17, 15) is 9.90 Å². The predicted octanol–water partition coefficient (Wildman–Crippen LogP) is 2.70. The van der Waals surface area contributed by atoms with Crippen molar-refractivity contribution in [3.8, 4) is 0 Å². The van der Waals surface area contributed by atoms with Gasteiger partial charge in [0.05, 0.1) is 0 Å². The van der Waals surface area contributed by atoms with Crippen LogP contribution in [-0.2, 0) is 10.3 Å². The van der Waals surface area contributed by atoms with Crippen LogP contribution in [0.5, 0.6) is 0 Å². The topological polar surface area (TPSA) is 40.5 Å². The number of carboxylic acids is 1. The summed E-state index contributed by atoms with van der Waals surface area (Å²) in [7, 11) is 0. The van der Waals surface area contributed by atoms with E-state index in [1.165, 1.54) is 0 Å². The summed E-state index contributed by atoms with van der Waals surface area (Å²) in [5.41, 5.74) is 2.25. The SMILES string of the molecule is Cc1cc(C)cc(C(C)(C(=O)O)N2CCCC2)c1. The van der Waals surface area contributed by atoms with E-state index >= 15 is 0 Å². The molecule has 1 heterocycles. The summed E-state index contributed by atoms with van der Waals surface area (Å²) in [6.07, 6.45) is 2.18. The average Bonchev–Trinajstić information content (AvgIpc) is 2.79. The lowest BCUT2D eigenvalue weighted by molar-refractivity contribution is -0.150. The molecule has 98 valence electrons. The molecule has 0 spiro atoms. The van der Waals surface area contributed by atoms with Crippen molar-refractivity contribution in [1.29, 1.82) is 0 Å². The predicted molar refractivity (Wildman–Crippen MR) is 71.7 cm³/mol. The molecule has 1 unspecified atom stereocenters. The lowest BCUT2D eigenvalue weighted by Crippen LogP contribution is -2.48. The second-order valence-corrected chi connectivity index (χ2v) is 5.45. The highest BCUT2D eigenvalue weighted by Gasteiger charge is 2.42. The Morgan fingerprint density at radius 3 is 2.11 bits per heavy atom. The van der Waals surface area contributed by atoms with Gasteiger partial charge < -0.3 is 5.11 Å². The van der Waals surface area contributed by atoms with Gasteiger partial charge in [0.2, 0.25) is 0 Å². The zero-order valence-electron chi connectivity index (χ0n) is 11.4. The Kier molecular flexibility index (Phi) is 3.44. The van der Waals surface area contributed by atoms with Crippen molar-refractivity contribution in [3.63, 3.8) is 0 Å². The Balaban J connectivity index is 2.49. The van der Waals surface area contributed by atoms with E-state index in [0.717, 1.165) is 42.6 Å². The average molecular weight is 247 g/mol. The number of benzene rings is 1. The second-order valence-electron chi connectivity index (χ2n) is 5.45. The maximum Gasteiger partial charge on any atom is 0.328 e. The second kappa shape index (κ2) is 4.73. The Labute approximate surface area is 108 Å². The van der Waals surface area contributed by atoms with Crippen LogP contribution in [0.4, 0.5) is 0 Å². The monoisotopic (exact) mass is 247 g/mol. The summed E-state index contributed by atoms with van der Waals surface area (Å²) in [5.74, 6) is -0.755. The smallest absolute Gasteiger partial charge is 0.328 e. The van der Waals surface area contributed by atoms with Crippen molar-refractivity contribution in [3.05, 3.63) is 34.9 Å². The van der Waals surface area contributed by atoms with Crippen LogP contribution >= 0.6 is 0 Å². The van der Waals surface area contributed by atoms with Crippen molar-refractivity contribution < 1.29 is 9.90 Å². The van der Waals surface area contributed by atoms with Gasteiger partial charge in [0, 0.05) is 0 Å². The van der Waals surface area contributed by atoms with Gasteiger partial charge in [-0.2, -0.15) is 0 Å². The van der Waals surface area contributed by atoms with Gasteiger partial charge in [-0.05, 0) is 52.3 Å². The number of hydrogen-bond acceptors (Lipinski definition) is 2. The van der Waals surface area contributed by atoms with E-state index in [2.05, 4.69) is 11.0 Å². The third kappa shape index (κ3) is 2.15. The third-order valence-corrected chi connectivity index (χ3v) is 3.94. The van der Waals surface area contributed by atoms with Gasteiger partial charge in [0.1, 0.15) is 5.54 Å². The largest absolute Gasteiger partial charge is 0.480 e. The zero-order valence-corrected chi connectivity index (χ0v) is 11.4. The summed E-state index contributed by atoms with van der Waals surface area (Å²) in [6, 6.07) is 6.08. The number of aliphatic carboxylic acids is 1. The number of rotatable bonds is 3. The molecule has 0 bridgehead atoms. The van der Waals surface area contributed by atoms with Crippen LogP contribution in [-0.4, -0.2) is 29.1 Å². The van der Waals surface area contributed by atoms with Gasteiger partial charge >= 0.3 is 5.97 Å². The normalized spacial score (nSPS) is 19.7. The quantitative estimate of drug-likeness (QED) is 0.892. The highest BCUT2D eigenvalue weighted by atomic mass is 16.4. The molecule has 3 heteroatoms. The number of carbonyl (C=O) groups is 1. The molecule has 0 amide bonds. The zero-order chi connectivity index (χ0) is 13.3. The maximum atomic E-state index is 11.8. The first-order chi connectivity index (χ1) is 8.44. The number of hydrogen-bond donors (Lipinski definition) is 1. The fraction of sp³-hybridized carbons (Fsp3) is 0.533. The van der Waals surface area contributed by atoms with Crippen molar-refractivity contribution >= 4 is 5.97 Å². The van der Waals surface area contributed by atoms with Crippen LogP contribution in [0.15, 0.2) is 18.2 Å². The van der Waals surface area contributed by atoms with Crippen molar-refractivity contribution in [2.75, 3.05) is 13.1 Å². The fourth-order valence-electron chi connectivity index (χ4n) is 2.86. The molecular formula is C15H21NO2. The van der Waals surface area contributed by atoms with Gasteiger partial charge in [-0.25, -0.2) is 4.79 Å². The number of carboxylic acid groups (broad SMARTS) is 1. The summed E-state index contributed by atoms with van der Waals surface area (Å²) in [4.78, 5) is 13.9. The van der Waals surface area contributed by atoms with E-state index < -0.39 is 11.5 Å². The molecule has 3 nitrogen and oxygen atoms in total. The molecule has 0 radical (unpaired) electrons. The lowest BCUT2D eigenvalue weighted by atomic mass is 9.88. The summed E-state index contributed by atoms with van der Waals surface area (Å²) in [6.45, 7) is 7.60. The molecule has 1 atom stereocenters. The Morgan fingerprint density at radius 2 is 1.67 bits per heavy atom. The van der Waals surface area contributed by atoms with Crippen LogP contribution in [0.3, 0.4) is 0 Å². The Hall–Kier alpha value is -1.35. The number of likely N-dealkylation sites (tertiary alicyclic amines) is 1. The molecule has 1 aromatic rings. The first-order valence-corrected chi connectivity index (χ1v) is 6.52. The molecule has 1 aliphatic heterocycles. The maximum absolute atomic E-state index is 11.8. The standard InChI is InChI=1S/C15H21NO2/c1-11-8-12(2)10-13(9-11)15(3,14(17)18)16-6-4-5-7-16/h8-10H,4-7H2,1-3H3,(H,17,18). The van der Waals surface area contributed by atoms with Gasteiger partial charge in [-0.3, -0.25) is 4.90 Å². The summed E-state index contributed by atoms with van der Waals surface area (Å²) >= 11 is 0. The molecule has 0 saturated carbocycles. The summed E-state index contributed by atoms with van der Waals surface area (Å²) < 4.78 is 0. The minimum atomic E-state index is -0.896. The number of nitrogens with zero attached hydrogens (tertiary/aromatic N) is 1. The molecule has 2 rings (SSSR count). The molecule has 0 aliphatic carbocycles. The first kappa shape index (κ1) is 13.1. The van der Waals surface area contributed by atoms with Crippen LogP contribution in [0, 0.1) is 13.8 Å². The molecule has 0 aromatic heterocycles. The van der Waals surface area contributed by atoms with E-state index in [1.54, 1.807) is 0 Å². The molecule has 1 aliphatic rings. The lowest BCUT2D eigenvalue weighted by Gasteiger charge is -2.35. The summed E-state index contributed by atoms with van der Waals surface area (Å²) in [5, 5.41) is 9.69. The molecule has 18 heavy (non-hydrogen) atoms. The van der Waals surface area contributed by atoms with Crippen LogP contribution < -0.4 is 0 Å². The Morgan fingerprint density at radius 1 is 1.17 bits per heavy atom. The van der Waals surface area contributed by atoms with E-state index in [1.807, 2.05) is 32.9 Å². The third-order valence-electron chi connectivity index (χ3n) is 3.94. The van der Waals surface area contributed by atoms with Gasteiger partial charge in [0.25, 0.3) is 0 Å². The minimum absolute atomic E-state index is 0.755. The molecule has 1 N–H and O–H groups in total.